The van der Waals surface area contributed by atoms with E-state index in [1.807, 2.05) is 0 Å². The predicted octanol–water partition coefficient (Wildman–Crippen LogP) is 3.85. The first kappa shape index (κ1) is 11.7. The Bertz CT molecular complexity index is 350. The molecule has 2 rings (SSSR count). The van der Waals surface area contributed by atoms with Gasteiger partial charge in [-0.1, -0.05) is 24.6 Å². The minimum Gasteiger partial charge on any atom is -0.297 e. The van der Waals surface area contributed by atoms with Crippen molar-refractivity contribution in [2.45, 2.75) is 46.1 Å². The Balaban J connectivity index is 2.12. The fourth-order valence-corrected chi connectivity index (χ4v) is 2.54. The van der Waals surface area contributed by atoms with Gasteiger partial charge in [-0.25, -0.2) is 0 Å². The number of hydrogen-bond acceptors (Lipinski definition) is 1. The highest BCUT2D eigenvalue weighted by molar-refractivity contribution is 5.31. The average Bonchev–Trinajstić information content (AvgIpc) is 2.33. The molecule has 88 valence electrons. The third-order valence-electron chi connectivity index (χ3n) is 3.95. The van der Waals surface area contributed by atoms with Crippen molar-refractivity contribution < 1.29 is 0 Å². The quantitative estimate of drug-likeness (QED) is 0.727. The second-order valence-electron chi connectivity index (χ2n) is 5.12. The molecule has 0 aliphatic carbocycles. The van der Waals surface area contributed by atoms with Crippen LogP contribution in [0.1, 0.15) is 48.9 Å². The highest BCUT2D eigenvalue weighted by Gasteiger charge is 2.18. The van der Waals surface area contributed by atoms with Crippen LogP contribution in [0.2, 0.25) is 0 Å². The van der Waals surface area contributed by atoms with Crippen molar-refractivity contribution in [3.05, 3.63) is 34.9 Å². The lowest BCUT2D eigenvalue weighted by molar-refractivity contribution is 0.175. The summed E-state index contributed by atoms with van der Waals surface area (Å²) in [6, 6.07) is 7.49. The van der Waals surface area contributed by atoms with E-state index in [0.717, 1.165) is 0 Å². The molecule has 0 bridgehead atoms. The third-order valence-corrected chi connectivity index (χ3v) is 3.95. The van der Waals surface area contributed by atoms with E-state index in [1.165, 1.54) is 49.0 Å². The molecule has 1 nitrogen and oxygen atoms in total. The molecular weight excluding hydrogens is 194 g/mol. The van der Waals surface area contributed by atoms with Crippen molar-refractivity contribution in [2.24, 2.45) is 0 Å². The van der Waals surface area contributed by atoms with Gasteiger partial charge in [0.05, 0.1) is 0 Å². The van der Waals surface area contributed by atoms with Crippen LogP contribution in [0.4, 0.5) is 0 Å². The highest BCUT2D eigenvalue weighted by Crippen LogP contribution is 2.25. The smallest absolute Gasteiger partial charge is 0.0319 e. The van der Waals surface area contributed by atoms with Crippen LogP contribution in [-0.2, 0) is 0 Å². The van der Waals surface area contributed by atoms with E-state index >= 15 is 0 Å². The zero-order valence-electron chi connectivity index (χ0n) is 10.8. The molecule has 1 fully saturated rings. The fourth-order valence-electron chi connectivity index (χ4n) is 2.54. The number of nitrogens with zero attached hydrogens (tertiary/aromatic N) is 1. The molecule has 1 aliphatic heterocycles. The molecule has 0 spiro atoms. The van der Waals surface area contributed by atoms with Crippen molar-refractivity contribution in [3.8, 4) is 0 Å². The van der Waals surface area contributed by atoms with Gasteiger partial charge in [0.1, 0.15) is 0 Å². The van der Waals surface area contributed by atoms with E-state index in [-0.39, 0.29) is 0 Å². The zero-order valence-corrected chi connectivity index (χ0v) is 10.8. The summed E-state index contributed by atoms with van der Waals surface area (Å²) in [5, 5.41) is 0. The van der Waals surface area contributed by atoms with Crippen LogP contribution in [-0.4, -0.2) is 18.0 Å². The van der Waals surface area contributed by atoms with Gasteiger partial charge in [0, 0.05) is 6.04 Å². The van der Waals surface area contributed by atoms with Gasteiger partial charge >= 0.3 is 0 Å². The number of benzene rings is 1. The summed E-state index contributed by atoms with van der Waals surface area (Å²) in [6.07, 6.45) is 4.15. The minimum absolute atomic E-state index is 0.583. The molecule has 0 aromatic heterocycles. The Labute approximate surface area is 99.5 Å². The Hall–Kier alpha value is -0.820. The van der Waals surface area contributed by atoms with E-state index in [2.05, 4.69) is 43.9 Å². The van der Waals surface area contributed by atoms with Crippen molar-refractivity contribution in [3.63, 3.8) is 0 Å². The van der Waals surface area contributed by atoms with Gasteiger partial charge in [-0.2, -0.15) is 0 Å². The maximum atomic E-state index is 2.62. The normalized spacial score (nSPS) is 19.7. The number of hydrogen-bond donors (Lipinski definition) is 0. The van der Waals surface area contributed by atoms with Gasteiger partial charge in [-0.3, -0.25) is 4.90 Å². The zero-order chi connectivity index (χ0) is 11.5. The molecule has 1 aromatic rings. The molecular formula is C15H23N. The maximum absolute atomic E-state index is 2.62. The summed E-state index contributed by atoms with van der Waals surface area (Å²) in [7, 11) is 0. The molecule has 16 heavy (non-hydrogen) atoms. The van der Waals surface area contributed by atoms with Crippen LogP contribution in [0.3, 0.4) is 0 Å². The lowest BCUT2D eigenvalue weighted by atomic mass is 9.99. The van der Waals surface area contributed by atoms with E-state index in [4.69, 9.17) is 0 Å². The van der Waals surface area contributed by atoms with Gasteiger partial charge in [-0.15, -0.1) is 0 Å². The first-order valence-corrected chi connectivity index (χ1v) is 6.49. The molecule has 1 aromatic carbocycles. The Morgan fingerprint density at radius 1 is 1.00 bits per heavy atom. The summed E-state index contributed by atoms with van der Waals surface area (Å²) in [4.78, 5) is 2.62. The summed E-state index contributed by atoms with van der Waals surface area (Å²) in [6.45, 7) is 9.28. The second kappa shape index (κ2) is 5.01. The number of aryl methyl sites for hydroxylation is 2. The Kier molecular flexibility index (Phi) is 3.65. The Morgan fingerprint density at radius 3 is 2.31 bits per heavy atom. The van der Waals surface area contributed by atoms with Crippen molar-refractivity contribution in [1.29, 1.82) is 0 Å². The summed E-state index contributed by atoms with van der Waals surface area (Å²) < 4.78 is 0. The minimum atomic E-state index is 0.583. The van der Waals surface area contributed by atoms with Crippen LogP contribution < -0.4 is 0 Å². The summed E-state index contributed by atoms with van der Waals surface area (Å²) in [5.74, 6) is 0. The van der Waals surface area contributed by atoms with Crippen LogP contribution in [0.5, 0.6) is 0 Å². The van der Waals surface area contributed by atoms with Crippen LogP contribution >= 0.6 is 0 Å². The van der Waals surface area contributed by atoms with Crippen molar-refractivity contribution in [1.82, 2.24) is 4.90 Å². The highest BCUT2D eigenvalue weighted by atomic mass is 15.2. The van der Waals surface area contributed by atoms with Gasteiger partial charge in [-0.05, 0) is 63.4 Å². The standard InChI is InChI=1S/C15H23N/c1-12-7-8-15(11-13(12)2)14(3)16-9-5-4-6-10-16/h7-8,11,14H,4-6,9-10H2,1-3H3. The summed E-state index contributed by atoms with van der Waals surface area (Å²) in [5.41, 5.74) is 4.29. The lowest BCUT2D eigenvalue weighted by Crippen LogP contribution is -2.32. The van der Waals surface area contributed by atoms with Crippen LogP contribution in [0, 0.1) is 13.8 Å². The molecule has 0 N–H and O–H groups in total. The van der Waals surface area contributed by atoms with Gasteiger partial charge < -0.3 is 0 Å². The van der Waals surface area contributed by atoms with Crippen LogP contribution in [0.15, 0.2) is 18.2 Å². The van der Waals surface area contributed by atoms with E-state index in [9.17, 15) is 0 Å². The number of rotatable bonds is 2. The summed E-state index contributed by atoms with van der Waals surface area (Å²) >= 11 is 0. The molecule has 0 saturated carbocycles. The molecule has 1 saturated heterocycles. The average molecular weight is 217 g/mol. The first-order valence-electron chi connectivity index (χ1n) is 6.49. The second-order valence-corrected chi connectivity index (χ2v) is 5.12. The molecule has 1 atom stereocenters. The number of likely N-dealkylation sites (tertiary alicyclic amines) is 1. The largest absolute Gasteiger partial charge is 0.297 e. The van der Waals surface area contributed by atoms with Crippen molar-refractivity contribution in [2.75, 3.05) is 13.1 Å². The van der Waals surface area contributed by atoms with Gasteiger partial charge in [0.15, 0.2) is 0 Å². The topological polar surface area (TPSA) is 3.24 Å². The van der Waals surface area contributed by atoms with E-state index in [1.54, 1.807) is 0 Å². The molecule has 1 heterocycles. The van der Waals surface area contributed by atoms with E-state index in [0.29, 0.717) is 6.04 Å². The lowest BCUT2D eigenvalue weighted by Gasteiger charge is -2.32. The fraction of sp³-hybridized carbons (Fsp3) is 0.600. The molecule has 1 heteroatoms. The third kappa shape index (κ3) is 2.46. The molecule has 1 unspecified atom stereocenters. The SMILES string of the molecule is Cc1ccc(C(C)N2CCCCC2)cc1C. The first-order chi connectivity index (χ1) is 7.68. The van der Waals surface area contributed by atoms with Gasteiger partial charge in [0.2, 0.25) is 0 Å². The maximum Gasteiger partial charge on any atom is 0.0319 e. The molecule has 1 aliphatic rings. The Morgan fingerprint density at radius 2 is 1.69 bits per heavy atom. The van der Waals surface area contributed by atoms with Gasteiger partial charge in [0.25, 0.3) is 0 Å². The van der Waals surface area contributed by atoms with Crippen LogP contribution in [0.25, 0.3) is 0 Å². The molecule has 0 radical (unpaired) electrons. The predicted molar refractivity (Wildman–Crippen MR) is 69.8 cm³/mol. The van der Waals surface area contributed by atoms with E-state index < -0.39 is 0 Å². The number of piperidine rings is 1. The molecule has 0 amide bonds. The monoisotopic (exact) mass is 217 g/mol. The van der Waals surface area contributed by atoms with Crippen molar-refractivity contribution >= 4 is 0 Å².